The van der Waals surface area contributed by atoms with Gasteiger partial charge in [-0.15, -0.1) is 0 Å². The van der Waals surface area contributed by atoms with Crippen molar-refractivity contribution in [3.05, 3.63) is 29.6 Å². The highest BCUT2D eigenvalue weighted by Crippen LogP contribution is 2.47. The molecular formula is C17H26N2O. The standard InChI is InChI=1S/C17H26N2O/c1-3-19-16(15-12-18-9-5-13(15)2)14-6-10-20-17(11-14)7-4-8-17/h5,9,12,14,16,19H,3-4,6-8,10-11H2,1-2H3. The van der Waals surface area contributed by atoms with E-state index >= 15 is 0 Å². The molecule has 0 radical (unpaired) electrons. The van der Waals surface area contributed by atoms with Gasteiger partial charge in [0.1, 0.15) is 0 Å². The lowest BCUT2D eigenvalue weighted by atomic mass is 9.69. The molecule has 1 saturated carbocycles. The van der Waals surface area contributed by atoms with Crippen LogP contribution in [0.1, 0.15) is 56.2 Å². The van der Waals surface area contributed by atoms with E-state index in [9.17, 15) is 0 Å². The molecule has 2 fully saturated rings. The molecule has 2 unspecified atom stereocenters. The molecule has 1 aromatic rings. The van der Waals surface area contributed by atoms with Crippen molar-refractivity contribution in [1.29, 1.82) is 0 Å². The molecule has 0 aromatic carbocycles. The summed E-state index contributed by atoms with van der Waals surface area (Å²) in [6.07, 6.45) is 10.2. The van der Waals surface area contributed by atoms with E-state index in [1.165, 1.54) is 36.8 Å². The lowest BCUT2D eigenvalue weighted by Crippen LogP contribution is -2.48. The minimum atomic E-state index is 0.215. The first-order valence-electron chi connectivity index (χ1n) is 8.02. The highest BCUT2D eigenvalue weighted by Gasteiger charge is 2.44. The van der Waals surface area contributed by atoms with E-state index in [0.717, 1.165) is 19.6 Å². The Balaban J connectivity index is 1.81. The summed E-state index contributed by atoms with van der Waals surface area (Å²) in [5, 5.41) is 3.70. The molecule has 0 amide bonds. The predicted octanol–water partition coefficient (Wildman–Crippen LogP) is 3.39. The fraction of sp³-hybridized carbons (Fsp3) is 0.706. The molecule has 110 valence electrons. The van der Waals surface area contributed by atoms with E-state index in [1.807, 2.05) is 12.4 Å². The summed E-state index contributed by atoms with van der Waals surface area (Å²) in [7, 11) is 0. The smallest absolute Gasteiger partial charge is 0.0686 e. The molecule has 2 heterocycles. The number of pyridine rings is 1. The molecule has 3 nitrogen and oxygen atoms in total. The second-order valence-electron chi connectivity index (χ2n) is 6.41. The topological polar surface area (TPSA) is 34.2 Å². The van der Waals surface area contributed by atoms with Crippen LogP contribution in [0.15, 0.2) is 18.5 Å². The van der Waals surface area contributed by atoms with Crippen LogP contribution in [0.5, 0.6) is 0 Å². The summed E-state index contributed by atoms with van der Waals surface area (Å²) in [5.41, 5.74) is 2.93. The van der Waals surface area contributed by atoms with Gasteiger partial charge < -0.3 is 10.1 Å². The third-order valence-electron chi connectivity index (χ3n) is 5.11. The van der Waals surface area contributed by atoms with Gasteiger partial charge in [-0.1, -0.05) is 6.92 Å². The monoisotopic (exact) mass is 274 g/mol. The predicted molar refractivity (Wildman–Crippen MR) is 80.6 cm³/mol. The maximum absolute atomic E-state index is 6.08. The Hall–Kier alpha value is -0.930. The third-order valence-corrected chi connectivity index (χ3v) is 5.11. The van der Waals surface area contributed by atoms with Crippen LogP contribution in [0, 0.1) is 12.8 Å². The van der Waals surface area contributed by atoms with Crippen LogP contribution in [0.3, 0.4) is 0 Å². The summed E-state index contributed by atoms with van der Waals surface area (Å²) in [6.45, 7) is 6.31. The molecule has 1 aromatic heterocycles. The quantitative estimate of drug-likeness (QED) is 0.914. The van der Waals surface area contributed by atoms with Gasteiger partial charge in [-0.05, 0) is 68.7 Å². The Morgan fingerprint density at radius 1 is 1.50 bits per heavy atom. The molecule has 0 bridgehead atoms. The normalized spacial score (nSPS) is 26.2. The molecule has 3 rings (SSSR count). The van der Waals surface area contributed by atoms with Crippen LogP contribution in [-0.2, 0) is 4.74 Å². The maximum atomic E-state index is 6.08. The Bertz CT molecular complexity index is 456. The van der Waals surface area contributed by atoms with Crippen LogP contribution in [0.4, 0.5) is 0 Å². The second kappa shape index (κ2) is 5.82. The van der Waals surface area contributed by atoms with Crippen molar-refractivity contribution in [1.82, 2.24) is 10.3 Å². The fourth-order valence-electron chi connectivity index (χ4n) is 3.82. The Morgan fingerprint density at radius 3 is 3.00 bits per heavy atom. The molecule has 2 aliphatic rings. The zero-order valence-corrected chi connectivity index (χ0v) is 12.7. The highest BCUT2D eigenvalue weighted by atomic mass is 16.5. The van der Waals surface area contributed by atoms with E-state index in [0.29, 0.717) is 12.0 Å². The lowest BCUT2D eigenvalue weighted by Gasteiger charge is -2.49. The largest absolute Gasteiger partial charge is 0.375 e. The number of aryl methyl sites for hydroxylation is 1. The molecule has 1 N–H and O–H groups in total. The summed E-state index contributed by atoms with van der Waals surface area (Å²) in [5.74, 6) is 0.673. The fourth-order valence-corrected chi connectivity index (χ4v) is 3.82. The van der Waals surface area contributed by atoms with E-state index in [-0.39, 0.29) is 5.60 Å². The van der Waals surface area contributed by atoms with Gasteiger partial charge in [0.05, 0.1) is 5.60 Å². The van der Waals surface area contributed by atoms with Gasteiger partial charge in [0.2, 0.25) is 0 Å². The first-order valence-corrected chi connectivity index (χ1v) is 8.02. The van der Waals surface area contributed by atoms with Gasteiger partial charge in [-0.2, -0.15) is 0 Å². The van der Waals surface area contributed by atoms with Crippen LogP contribution in [-0.4, -0.2) is 23.7 Å². The minimum Gasteiger partial charge on any atom is -0.375 e. The van der Waals surface area contributed by atoms with Crippen molar-refractivity contribution in [2.75, 3.05) is 13.2 Å². The molecule has 2 atom stereocenters. The zero-order valence-electron chi connectivity index (χ0n) is 12.7. The van der Waals surface area contributed by atoms with Gasteiger partial charge in [0.25, 0.3) is 0 Å². The molecule has 1 aliphatic carbocycles. The van der Waals surface area contributed by atoms with Gasteiger partial charge in [0.15, 0.2) is 0 Å². The lowest BCUT2D eigenvalue weighted by molar-refractivity contribution is -0.147. The third kappa shape index (κ3) is 2.61. The average Bonchev–Trinajstić information content (AvgIpc) is 2.44. The number of aromatic nitrogens is 1. The van der Waals surface area contributed by atoms with E-state index in [2.05, 4.69) is 30.2 Å². The van der Waals surface area contributed by atoms with Crippen LogP contribution >= 0.6 is 0 Å². The van der Waals surface area contributed by atoms with Crippen LogP contribution < -0.4 is 5.32 Å². The molecule has 1 saturated heterocycles. The van der Waals surface area contributed by atoms with E-state index in [1.54, 1.807) is 0 Å². The highest BCUT2D eigenvalue weighted by molar-refractivity contribution is 5.26. The van der Waals surface area contributed by atoms with Gasteiger partial charge in [0, 0.05) is 25.0 Å². The molecule has 20 heavy (non-hydrogen) atoms. The van der Waals surface area contributed by atoms with Crippen molar-refractivity contribution in [3.8, 4) is 0 Å². The van der Waals surface area contributed by atoms with Crippen molar-refractivity contribution in [2.45, 2.75) is 57.6 Å². The summed E-state index contributed by atoms with van der Waals surface area (Å²) < 4.78 is 6.08. The van der Waals surface area contributed by atoms with E-state index < -0.39 is 0 Å². The van der Waals surface area contributed by atoms with Gasteiger partial charge in [-0.3, -0.25) is 4.98 Å². The number of hydrogen-bond acceptors (Lipinski definition) is 3. The maximum Gasteiger partial charge on any atom is 0.0686 e. The van der Waals surface area contributed by atoms with Crippen LogP contribution in [0.25, 0.3) is 0 Å². The van der Waals surface area contributed by atoms with Crippen molar-refractivity contribution in [3.63, 3.8) is 0 Å². The molecule has 1 spiro atoms. The number of hydrogen-bond donors (Lipinski definition) is 1. The van der Waals surface area contributed by atoms with Crippen molar-refractivity contribution >= 4 is 0 Å². The summed E-state index contributed by atoms with van der Waals surface area (Å²) in [4.78, 5) is 4.34. The Labute approximate surface area is 122 Å². The van der Waals surface area contributed by atoms with Crippen molar-refractivity contribution in [2.24, 2.45) is 5.92 Å². The summed E-state index contributed by atoms with van der Waals surface area (Å²) >= 11 is 0. The molecule has 1 aliphatic heterocycles. The second-order valence-corrected chi connectivity index (χ2v) is 6.41. The number of rotatable bonds is 4. The number of nitrogens with one attached hydrogen (secondary N) is 1. The first kappa shape index (κ1) is 14.0. The number of nitrogens with zero attached hydrogens (tertiary/aromatic N) is 1. The van der Waals surface area contributed by atoms with Crippen molar-refractivity contribution < 1.29 is 4.74 Å². The minimum absolute atomic E-state index is 0.215. The first-order chi connectivity index (χ1) is 9.74. The number of ether oxygens (including phenoxy) is 1. The van der Waals surface area contributed by atoms with Gasteiger partial charge in [-0.25, -0.2) is 0 Å². The summed E-state index contributed by atoms with van der Waals surface area (Å²) in [6, 6.07) is 2.55. The molecular weight excluding hydrogens is 248 g/mol. The Morgan fingerprint density at radius 2 is 2.35 bits per heavy atom. The zero-order chi connectivity index (χ0) is 14.0. The Kier molecular flexibility index (Phi) is 4.08. The van der Waals surface area contributed by atoms with Gasteiger partial charge >= 0.3 is 0 Å². The molecule has 3 heteroatoms. The SMILES string of the molecule is CCNC(c1cnccc1C)C1CCOC2(CCC2)C1. The average molecular weight is 274 g/mol. The van der Waals surface area contributed by atoms with Crippen LogP contribution in [0.2, 0.25) is 0 Å². The van der Waals surface area contributed by atoms with E-state index in [4.69, 9.17) is 4.74 Å².